The van der Waals surface area contributed by atoms with E-state index in [0.717, 1.165) is 12.1 Å². The zero-order valence-electron chi connectivity index (χ0n) is 10.9. The van der Waals surface area contributed by atoms with Gasteiger partial charge < -0.3 is 5.32 Å². The molecule has 1 atom stereocenters. The van der Waals surface area contributed by atoms with Crippen molar-refractivity contribution in [3.8, 4) is 0 Å². The number of nitro benzene ring substituents is 1. The lowest BCUT2D eigenvalue weighted by Crippen LogP contribution is -2.07. The average molecular weight is 313 g/mol. The second-order valence-corrected chi connectivity index (χ2v) is 4.87. The first-order valence-corrected chi connectivity index (χ1v) is 6.41. The van der Waals surface area contributed by atoms with Gasteiger partial charge in [-0.25, -0.2) is 8.78 Å². The Labute approximate surface area is 124 Å². The van der Waals surface area contributed by atoms with Gasteiger partial charge in [0.1, 0.15) is 5.02 Å². The maximum Gasteiger partial charge on any atom is 0.289 e. The molecule has 2 aromatic carbocycles. The van der Waals surface area contributed by atoms with E-state index in [2.05, 4.69) is 5.32 Å². The molecule has 0 aromatic heterocycles. The topological polar surface area (TPSA) is 55.2 Å². The monoisotopic (exact) mass is 312 g/mol. The molecule has 0 heterocycles. The Morgan fingerprint density at radius 1 is 1.19 bits per heavy atom. The van der Waals surface area contributed by atoms with E-state index in [1.807, 2.05) is 0 Å². The Hall–Kier alpha value is -2.21. The highest BCUT2D eigenvalue weighted by atomic mass is 35.5. The number of benzene rings is 2. The van der Waals surface area contributed by atoms with Crippen molar-refractivity contribution in [3.63, 3.8) is 0 Å². The van der Waals surface area contributed by atoms with E-state index in [-0.39, 0.29) is 16.8 Å². The molecule has 0 aliphatic rings. The lowest BCUT2D eigenvalue weighted by molar-refractivity contribution is -0.384. The van der Waals surface area contributed by atoms with Crippen molar-refractivity contribution in [3.05, 3.63) is 68.7 Å². The van der Waals surface area contributed by atoms with Crippen molar-refractivity contribution in [2.75, 3.05) is 5.32 Å². The molecule has 0 fully saturated rings. The van der Waals surface area contributed by atoms with Gasteiger partial charge >= 0.3 is 0 Å². The van der Waals surface area contributed by atoms with E-state index in [1.54, 1.807) is 13.0 Å². The molecule has 7 heteroatoms. The van der Waals surface area contributed by atoms with Crippen LogP contribution in [0.3, 0.4) is 0 Å². The maximum absolute atomic E-state index is 13.2. The van der Waals surface area contributed by atoms with Gasteiger partial charge in [0.15, 0.2) is 11.6 Å². The molecular weight excluding hydrogens is 302 g/mol. The number of nitrogens with one attached hydrogen (secondary N) is 1. The number of hydrogen-bond acceptors (Lipinski definition) is 3. The minimum Gasteiger partial charge on any atom is -0.378 e. The van der Waals surface area contributed by atoms with Gasteiger partial charge in [-0.15, -0.1) is 0 Å². The van der Waals surface area contributed by atoms with Crippen LogP contribution in [0.15, 0.2) is 36.4 Å². The van der Waals surface area contributed by atoms with Crippen molar-refractivity contribution < 1.29 is 13.7 Å². The third-order valence-electron chi connectivity index (χ3n) is 2.97. The number of hydrogen-bond donors (Lipinski definition) is 1. The van der Waals surface area contributed by atoms with Crippen LogP contribution in [0.2, 0.25) is 5.02 Å². The largest absolute Gasteiger partial charge is 0.378 e. The molecule has 0 aliphatic carbocycles. The van der Waals surface area contributed by atoms with Crippen LogP contribution in [0.4, 0.5) is 20.2 Å². The highest BCUT2D eigenvalue weighted by Gasteiger charge is 2.15. The number of halogens is 3. The Morgan fingerprint density at radius 2 is 1.90 bits per heavy atom. The number of nitrogens with zero attached hydrogens (tertiary/aromatic N) is 1. The Balaban J connectivity index is 2.23. The first kappa shape index (κ1) is 15.2. The third-order valence-corrected chi connectivity index (χ3v) is 3.29. The molecular formula is C14H11ClF2N2O2. The molecule has 21 heavy (non-hydrogen) atoms. The average Bonchev–Trinajstić information content (AvgIpc) is 2.43. The molecule has 0 spiro atoms. The minimum absolute atomic E-state index is 0.0334. The van der Waals surface area contributed by atoms with Gasteiger partial charge in [0.2, 0.25) is 0 Å². The molecule has 0 aliphatic heterocycles. The fourth-order valence-corrected chi connectivity index (χ4v) is 2.04. The number of rotatable bonds is 4. The summed E-state index contributed by atoms with van der Waals surface area (Å²) in [4.78, 5) is 10.2. The lowest BCUT2D eigenvalue weighted by atomic mass is 10.1. The lowest BCUT2D eigenvalue weighted by Gasteiger charge is -2.16. The van der Waals surface area contributed by atoms with E-state index in [1.165, 1.54) is 18.2 Å². The first-order valence-electron chi connectivity index (χ1n) is 6.04. The molecule has 0 amide bonds. The van der Waals surface area contributed by atoms with Gasteiger partial charge in [0, 0.05) is 17.8 Å². The van der Waals surface area contributed by atoms with Gasteiger partial charge in [-0.1, -0.05) is 17.7 Å². The number of nitro groups is 1. The first-order chi connectivity index (χ1) is 9.88. The van der Waals surface area contributed by atoms with Gasteiger partial charge in [-0.05, 0) is 36.8 Å². The van der Waals surface area contributed by atoms with Crippen LogP contribution in [0, 0.1) is 21.7 Å². The maximum atomic E-state index is 13.2. The van der Waals surface area contributed by atoms with Crippen molar-refractivity contribution in [2.24, 2.45) is 0 Å². The standard InChI is InChI=1S/C14H11ClF2N2O2/c1-8(9-2-5-12(16)13(17)6-9)18-10-3-4-11(15)14(7-10)19(20)21/h2-8,18H,1H3. The third kappa shape index (κ3) is 3.46. The summed E-state index contributed by atoms with van der Waals surface area (Å²) in [6, 6.07) is 7.47. The summed E-state index contributed by atoms with van der Waals surface area (Å²) in [6.45, 7) is 1.73. The van der Waals surface area contributed by atoms with Crippen molar-refractivity contribution in [1.29, 1.82) is 0 Å². The van der Waals surface area contributed by atoms with E-state index in [4.69, 9.17) is 11.6 Å². The fraction of sp³-hybridized carbons (Fsp3) is 0.143. The highest BCUT2D eigenvalue weighted by molar-refractivity contribution is 6.32. The molecule has 0 saturated carbocycles. The molecule has 0 saturated heterocycles. The summed E-state index contributed by atoms with van der Waals surface area (Å²) < 4.78 is 26.1. The normalized spacial score (nSPS) is 12.0. The van der Waals surface area contributed by atoms with Crippen LogP contribution >= 0.6 is 11.6 Å². The zero-order valence-corrected chi connectivity index (χ0v) is 11.7. The SMILES string of the molecule is CC(Nc1ccc(Cl)c([N+](=O)[O-])c1)c1ccc(F)c(F)c1. The van der Waals surface area contributed by atoms with Crippen molar-refractivity contribution >= 4 is 23.0 Å². The van der Waals surface area contributed by atoms with E-state index >= 15 is 0 Å². The van der Waals surface area contributed by atoms with E-state index < -0.39 is 16.6 Å². The molecule has 4 nitrogen and oxygen atoms in total. The van der Waals surface area contributed by atoms with Crippen LogP contribution in [-0.4, -0.2) is 4.92 Å². The molecule has 110 valence electrons. The number of anilines is 1. The van der Waals surface area contributed by atoms with E-state index in [9.17, 15) is 18.9 Å². The molecule has 1 unspecified atom stereocenters. The summed E-state index contributed by atoms with van der Waals surface area (Å²) in [5, 5.41) is 13.8. The fourth-order valence-electron chi connectivity index (χ4n) is 1.86. The van der Waals surface area contributed by atoms with Gasteiger partial charge in [-0.2, -0.15) is 0 Å². The van der Waals surface area contributed by atoms with Crippen LogP contribution in [-0.2, 0) is 0 Å². The summed E-state index contributed by atoms with van der Waals surface area (Å²) in [5.41, 5.74) is 0.758. The van der Waals surface area contributed by atoms with E-state index in [0.29, 0.717) is 11.3 Å². The molecule has 1 N–H and O–H groups in total. The van der Waals surface area contributed by atoms with Gasteiger partial charge in [0.05, 0.1) is 4.92 Å². The molecule has 2 aromatic rings. The summed E-state index contributed by atoms with van der Waals surface area (Å²) in [6.07, 6.45) is 0. The van der Waals surface area contributed by atoms with Crippen LogP contribution in [0.5, 0.6) is 0 Å². The van der Waals surface area contributed by atoms with Crippen LogP contribution < -0.4 is 5.32 Å². The van der Waals surface area contributed by atoms with Crippen LogP contribution in [0.25, 0.3) is 0 Å². The Morgan fingerprint density at radius 3 is 2.52 bits per heavy atom. The van der Waals surface area contributed by atoms with Gasteiger partial charge in [-0.3, -0.25) is 10.1 Å². The van der Waals surface area contributed by atoms with Crippen molar-refractivity contribution in [2.45, 2.75) is 13.0 Å². The molecule has 2 rings (SSSR count). The predicted molar refractivity (Wildman–Crippen MR) is 76.5 cm³/mol. The Kier molecular flexibility index (Phi) is 4.37. The Bertz CT molecular complexity index is 695. The van der Waals surface area contributed by atoms with Gasteiger partial charge in [0.25, 0.3) is 5.69 Å². The second-order valence-electron chi connectivity index (χ2n) is 4.46. The quantitative estimate of drug-likeness (QED) is 0.657. The van der Waals surface area contributed by atoms with Crippen LogP contribution in [0.1, 0.15) is 18.5 Å². The van der Waals surface area contributed by atoms with Crippen molar-refractivity contribution in [1.82, 2.24) is 0 Å². The summed E-state index contributed by atoms with van der Waals surface area (Å²) in [7, 11) is 0. The predicted octanol–water partition coefficient (Wildman–Crippen LogP) is 4.70. The summed E-state index contributed by atoms with van der Waals surface area (Å²) >= 11 is 5.72. The minimum atomic E-state index is -0.941. The smallest absolute Gasteiger partial charge is 0.289 e. The second kappa shape index (κ2) is 6.05. The zero-order chi connectivity index (χ0) is 15.6. The molecule has 0 radical (unpaired) electrons. The summed E-state index contributed by atoms with van der Waals surface area (Å²) in [5.74, 6) is -1.86. The highest BCUT2D eigenvalue weighted by Crippen LogP contribution is 2.29. The molecule has 0 bridgehead atoms.